The maximum absolute atomic E-state index is 13.6. The highest BCUT2D eigenvalue weighted by Gasteiger charge is 2.42. The molecular formula is C28H27F3N4O5. The molecule has 0 spiro atoms. The van der Waals surface area contributed by atoms with Gasteiger partial charge in [-0.1, -0.05) is 24.6 Å². The zero-order valence-corrected chi connectivity index (χ0v) is 21.3. The van der Waals surface area contributed by atoms with Gasteiger partial charge in [0.25, 0.3) is 5.91 Å². The summed E-state index contributed by atoms with van der Waals surface area (Å²) in [6.07, 6.45) is -2.39. The lowest BCUT2D eigenvalue weighted by atomic mass is 9.95. The largest absolute Gasteiger partial charge is 0.481 e. The Hall–Kier alpha value is -4.35. The molecule has 0 radical (unpaired) electrons. The van der Waals surface area contributed by atoms with E-state index in [1.54, 1.807) is 47.4 Å². The Kier molecular flexibility index (Phi) is 7.51. The van der Waals surface area contributed by atoms with Gasteiger partial charge in [-0.2, -0.15) is 13.2 Å². The van der Waals surface area contributed by atoms with Crippen molar-refractivity contribution in [1.29, 1.82) is 0 Å². The molecule has 2 aliphatic rings. The molecule has 1 unspecified atom stereocenters. The van der Waals surface area contributed by atoms with Gasteiger partial charge in [-0.15, -0.1) is 0 Å². The maximum Gasteiger partial charge on any atom is 0.452 e. The number of hydrogen-bond acceptors (Lipinski definition) is 6. The minimum Gasteiger partial charge on any atom is -0.481 e. The second-order valence-electron chi connectivity index (χ2n) is 9.99. The third-order valence-corrected chi connectivity index (χ3v) is 7.28. The number of benzene rings is 2. The number of rotatable bonds is 7. The lowest BCUT2D eigenvalue weighted by Gasteiger charge is -2.23. The molecule has 0 bridgehead atoms. The molecule has 3 N–H and O–H groups in total. The summed E-state index contributed by atoms with van der Waals surface area (Å²) in [6.45, 7) is 0.966. The lowest BCUT2D eigenvalue weighted by molar-refractivity contribution is -0.153. The molecule has 5 rings (SSSR count). The fourth-order valence-electron chi connectivity index (χ4n) is 5.31. The molecule has 1 saturated heterocycles. The first-order valence-corrected chi connectivity index (χ1v) is 12.9. The van der Waals surface area contributed by atoms with Crippen LogP contribution in [0.1, 0.15) is 41.9 Å². The van der Waals surface area contributed by atoms with E-state index in [2.05, 4.69) is 15.6 Å². The van der Waals surface area contributed by atoms with Gasteiger partial charge in [-0.3, -0.25) is 14.4 Å². The van der Waals surface area contributed by atoms with Crippen LogP contribution >= 0.6 is 0 Å². The Morgan fingerprint density at radius 3 is 2.30 bits per heavy atom. The van der Waals surface area contributed by atoms with E-state index < -0.39 is 41.3 Å². The molecule has 2 fully saturated rings. The molecule has 2 aromatic carbocycles. The first-order chi connectivity index (χ1) is 19.1. The minimum absolute atomic E-state index is 0.0463. The number of nitrogens with zero attached hydrogens (tertiary/aromatic N) is 2. The van der Waals surface area contributed by atoms with E-state index in [9.17, 15) is 32.7 Å². The monoisotopic (exact) mass is 556 g/mol. The smallest absolute Gasteiger partial charge is 0.452 e. The van der Waals surface area contributed by atoms with Crippen LogP contribution in [0.2, 0.25) is 0 Å². The standard InChI is InChI=1S/C28H27F3N4O5/c29-28(30,31)23-22(34-25(40-23)16-5-2-1-3-6-16)24(36)33-18-11-9-17(10-12-18)32-19-13-14-35(15-19)26(37)20-7-4-8-21(20)27(38)39/h1-3,5-6,9-12,19-21,32H,4,7-8,13-15H2,(H,33,36)(H,38,39)/t19?,20-,21-/m1/s1. The van der Waals surface area contributed by atoms with Crippen LogP contribution in [-0.2, 0) is 15.8 Å². The van der Waals surface area contributed by atoms with Crippen LogP contribution in [0.5, 0.6) is 0 Å². The molecule has 1 aliphatic carbocycles. The Bertz CT molecular complexity index is 1390. The number of aliphatic carboxylic acids is 1. The zero-order valence-electron chi connectivity index (χ0n) is 21.3. The summed E-state index contributed by atoms with van der Waals surface area (Å²) in [7, 11) is 0. The summed E-state index contributed by atoms with van der Waals surface area (Å²) in [5.41, 5.74) is 0.402. The van der Waals surface area contributed by atoms with E-state index in [1.165, 1.54) is 12.1 Å². The van der Waals surface area contributed by atoms with Gasteiger partial charge >= 0.3 is 12.1 Å². The number of anilines is 2. The normalized spacial score (nSPS) is 20.9. The Labute approximate surface area is 227 Å². The number of halogens is 3. The van der Waals surface area contributed by atoms with Gasteiger partial charge in [-0.05, 0) is 55.7 Å². The van der Waals surface area contributed by atoms with Crippen LogP contribution in [0.25, 0.3) is 11.5 Å². The number of carbonyl (C=O) groups excluding carboxylic acids is 2. The van der Waals surface area contributed by atoms with Crippen molar-refractivity contribution in [2.24, 2.45) is 11.8 Å². The topological polar surface area (TPSA) is 125 Å². The van der Waals surface area contributed by atoms with Gasteiger partial charge in [0, 0.05) is 36.1 Å². The average molecular weight is 557 g/mol. The summed E-state index contributed by atoms with van der Waals surface area (Å²) in [5, 5.41) is 15.1. The maximum atomic E-state index is 13.6. The van der Waals surface area contributed by atoms with Crippen molar-refractivity contribution in [3.8, 4) is 11.5 Å². The summed E-state index contributed by atoms with van der Waals surface area (Å²) >= 11 is 0. The average Bonchev–Trinajstić information content (AvgIpc) is 3.69. The highest BCUT2D eigenvalue weighted by Crippen LogP contribution is 2.36. The predicted molar refractivity (Wildman–Crippen MR) is 138 cm³/mol. The second-order valence-corrected chi connectivity index (χ2v) is 9.99. The Balaban J connectivity index is 1.21. The van der Waals surface area contributed by atoms with Gasteiger partial charge in [0.15, 0.2) is 5.69 Å². The Morgan fingerprint density at radius 2 is 1.62 bits per heavy atom. The molecule has 2 heterocycles. The number of amides is 2. The number of carbonyl (C=O) groups is 3. The predicted octanol–water partition coefficient (Wildman–Crippen LogP) is 5.13. The fourth-order valence-corrected chi connectivity index (χ4v) is 5.31. The molecular weight excluding hydrogens is 529 g/mol. The first kappa shape index (κ1) is 27.2. The summed E-state index contributed by atoms with van der Waals surface area (Å²) in [4.78, 5) is 42.6. The van der Waals surface area contributed by atoms with E-state index in [0.717, 1.165) is 6.42 Å². The highest BCUT2D eigenvalue weighted by molar-refractivity contribution is 6.04. The highest BCUT2D eigenvalue weighted by atomic mass is 19.4. The third-order valence-electron chi connectivity index (χ3n) is 7.28. The van der Waals surface area contributed by atoms with Crippen LogP contribution in [0.4, 0.5) is 24.5 Å². The third kappa shape index (κ3) is 5.80. The van der Waals surface area contributed by atoms with Gasteiger partial charge in [0.05, 0.1) is 11.8 Å². The summed E-state index contributed by atoms with van der Waals surface area (Å²) < 4.78 is 45.6. The molecule has 1 aromatic heterocycles. The number of likely N-dealkylation sites (tertiary alicyclic amines) is 1. The fraction of sp³-hybridized carbons (Fsp3) is 0.357. The molecule has 9 nitrogen and oxygen atoms in total. The number of carboxylic acid groups (broad SMARTS) is 1. The van der Waals surface area contributed by atoms with Crippen molar-refractivity contribution in [3.63, 3.8) is 0 Å². The molecule has 3 atom stereocenters. The van der Waals surface area contributed by atoms with E-state index in [-0.39, 0.29) is 23.5 Å². The van der Waals surface area contributed by atoms with E-state index in [4.69, 9.17) is 4.42 Å². The van der Waals surface area contributed by atoms with Crippen molar-refractivity contribution in [2.75, 3.05) is 23.7 Å². The molecule has 3 aromatic rings. The number of carboxylic acids is 1. The van der Waals surface area contributed by atoms with Gasteiger partial charge in [0.1, 0.15) is 0 Å². The number of aromatic nitrogens is 1. The Morgan fingerprint density at radius 1 is 0.950 bits per heavy atom. The van der Waals surface area contributed by atoms with E-state index >= 15 is 0 Å². The van der Waals surface area contributed by atoms with Crippen molar-refractivity contribution >= 4 is 29.2 Å². The first-order valence-electron chi connectivity index (χ1n) is 12.9. The van der Waals surface area contributed by atoms with E-state index in [0.29, 0.717) is 43.6 Å². The number of alkyl halides is 3. The van der Waals surface area contributed by atoms with Crippen molar-refractivity contribution in [2.45, 2.75) is 37.9 Å². The lowest BCUT2D eigenvalue weighted by Crippen LogP contribution is -2.39. The van der Waals surface area contributed by atoms with Gasteiger partial charge < -0.3 is 25.1 Å². The SMILES string of the molecule is O=C(Nc1ccc(NC2CCN(C(=O)[C@@H]3CCC[C@H]3C(=O)O)C2)cc1)c1nc(-c2ccccc2)oc1C(F)(F)F. The molecule has 40 heavy (non-hydrogen) atoms. The van der Waals surface area contributed by atoms with Crippen molar-refractivity contribution < 1.29 is 37.1 Å². The van der Waals surface area contributed by atoms with Crippen molar-refractivity contribution in [3.05, 3.63) is 66.1 Å². The zero-order chi connectivity index (χ0) is 28.4. The number of hydrogen-bond donors (Lipinski definition) is 3. The van der Waals surface area contributed by atoms with E-state index in [1.807, 2.05) is 0 Å². The van der Waals surface area contributed by atoms with Crippen LogP contribution < -0.4 is 10.6 Å². The van der Waals surface area contributed by atoms with Crippen LogP contribution in [-0.4, -0.2) is 51.9 Å². The van der Waals surface area contributed by atoms with Gasteiger partial charge in [0.2, 0.25) is 17.6 Å². The van der Waals surface area contributed by atoms with Gasteiger partial charge in [-0.25, -0.2) is 4.98 Å². The summed E-state index contributed by atoms with van der Waals surface area (Å²) in [6, 6.07) is 14.4. The molecule has 2 amide bonds. The number of nitrogens with one attached hydrogen (secondary N) is 2. The van der Waals surface area contributed by atoms with Crippen LogP contribution in [0.3, 0.4) is 0 Å². The minimum atomic E-state index is -4.91. The molecule has 210 valence electrons. The molecule has 12 heteroatoms. The van der Waals surface area contributed by atoms with Crippen molar-refractivity contribution in [1.82, 2.24) is 9.88 Å². The molecule has 1 aliphatic heterocycles. The van der Waals surface area contributed by atoms with Crippen LogP contribution in [0, 0.1) is 11.8 Å². The second kappa shape index (κ2) is 11.0. The molecule has 1 saturated carbocycles. The van der Waals surface area contributed by atoms with Crippen LogP contribution in [0.15, 0.2) is 59.0 Å². The number of oxazole rings is 1. The summed E-state index contributed by atoms with van der Waals surface area (Å²) in [5.74, 6) is -5.00. The quantitative estimate of drug-likeness (QED) is 0.369.